The van der Waals surface area contributed by atoms with Gasteiger partial charge >= 0.3 is 0 Å². The van der Waals surface area contributed by atoms with Crippen LogP contribution in [0.3, 0.4) is 0 Å². The van der Waals surface area contributed by atoms with E-state index in [1.54, 1.807) is 0 Å². The summed E-state index contributed by atoms with van der Waals surface area (Å²) in [6.07, 6.45) is 7.33. The van der Waals surface area contributed by atoms with Gasteiger partial charge in [0.05, 0.1) is 0 Å². The van der Waals surface area contributed by atoms with Crippen molar-refractivity contribution in [1.29, 1.82) is 0 Å². The van der Waals surface area contributed by atoms with Gasteiger partial charge in [0.2, 0.25) is 0 Å². The molecule has 1 aliphatic rings. The first-order valence-electron chi connectivity index (χ1n) is 9.45. The van der Waals surface area contributed by atoms with Gasteiger partial charge in [-0.1, -0.05) is 48.4 Å². The molecule has 0 aliphatic carbocycles. The lowest BCUT2D eigenvalue weighted by Crippen LogP contribution is -2.53. The number of rotatable bonds is 7. The highest BCUT2D eigenvalue weighted by Gasteiger charge is 2.26. The predicted molar refractivity (Wildman–Crippen MR) is 107 cm³/mol. The summed E-state index contributed by atoms with van der Waals surface area (Å²) in [5, 5.41) is 9.49. The molecule has 2 aromatic rings. The molecule has 1 saturated heterocycles. The maximum absolute atomic E-state index is 9.49. The molecule has 0 bridgehead atoms. The molecule has 1 N–H and O–H groups in total. The van der Waals surface area contributed by atoms with Gasteiger partial charge in [-0.25, -0.2) is 0 Å². The number of hydrogen-bond donors (Lipinski definition) is 1. The van der Waals surface area contributed by atoms with Gasteiger partial charge < -0.3 is 5.11 Å². The molecule has 0 aromatic heterocycles. The number of piperazine rings is 1. The summed E-state index contributed by atoms with van der Waals surface area (Å²) in [7, 11) is 0. The second-order valence-electron chi connectivity index (χ2n) is 7.01. The highest BCUT2D eigenvalue weighted by Crippen LogP contribution is 2.17. The Balaban J connectivity index is 1.55. The van der Waals surface area contributed by atoms with Gasteiger partial charge in [0.1, 0.15) is 0 Å². The normalized spacial score (nSPS) is 18.5. The van der Waals surface area contributed by atoms with Crippen molar-refractivity contribution in [3.05, 3.63) is 71.3 Å². The van der Waals surface area contributed by atoms with Gasteiger partial charge in [-0.2, -0.15) is 0 Å². The Labute approximate surface area is 157 Å². The molecule has 3 nitrogen and oxygen atoms in total. The fraction of sp³-hybridized carbons (Fsp3) is 0.391. The van der Waals surface area contributed by atoms with E-state index in [9.17, 15) is 5.11 Å². The molecule has 1 fully saturated rings. The molecule has 1 aliphatic heterocycles. The topological polar surface area (TPSA) is 26.7 Å². The Morgan fingerprint density at radius 1 is 1.00 bits per heavy atom. The molecule has 3 heteroatoms. The molecule has 1 heterocycles. The molecular weight excluding hydrogens is 320 g/mol. The largest absolute Gasteiger partial charge is 0.396 e. The quantitative estimate of drug-likeness (QED) is 0.780. The third kappa shape index (κ3) is 5.19. The molecular formula is C23H28N2O. The molecule has 1 atom stereocenters. The Morgan fingerprint density at radius 2 is 1.77 bits per heavy atom. The highest BCUT2D eigenvalue weighted by molar-refractivity contribution is 5.34. The van der Waals surface area contributed by atoms with Crippen molar-refractivity contribution in [2.24, 2.45) is 0 Å². The number of aliphatic hydroxyl groups excluding tert-OH is 1. The summed E-state index contributed by atoms with van der Waals surface area (Å²) in [6.45, 7) is 5.37. The van der Waals surface area contributed by atoms with Crippen molar-refractivity contribution in [3.8, 4) is 12.3 Å². The van der Waals surface area contributed by atoms with Crippen molar-refractivity contribution in [2.45, 2.75) is 25.4 Å². The first kappa shape index (κ1) is 18.7. The maximum Gasteiger partial charge on any atom is 0.0446 e. The van der Waals surface area contributed by atoms with E-state index in [4.69, 9.17) is 6.42 Å². The van der Waals surface area contributed by atoms with Crippen LogP contribution in [0.25, 0.3) is 0 Å². The van der Waals surface area contributed by atoms with Crippen LogP contribution in [0.5, 0.6) is 0 Å². The van der Waals surface area contributed by atoms with Gasteiger partial charge in [0.25, 0.3) is 0 Å². The van der Waals surface area contributed by atoms with E-state index >= 15 is 0 Å². The minimum Gasteiger partial charge on any atom is -0.396 e. The summed E-state index contributed by atoms with van der Waals surface area (Å²) < 4.78 is 0. The number of benzene rings is 2. The van der Waals surface area contributed by atoms with Gasteiger partial charge in [-0.05, 0) is 36.1 Å². The van der Waals surface area contributed by atoms with Gasteiger partial charge in [0.15, 0.2) is 0 Å². The minimum absolute atomic E-state index is 0.247. The van der Waals surface area contributed by atoms with Crippen molar-refractivity contribution in [1.82, 2.24) is 9.80 Å². The lowest BCUT2D eigenvalue weighted by molar-refractivity contribution is 0.0562. The number of aliphatic hydroxyl groups is 1. The summed E-state index contributed by atoms with van der Waals surface area (Å²) in [5.74, 6) is 2.67. The van der Waals surface area contributed by atoms with Crippen LogP contribution in [0.4, 0.5) is 0 Å². The molecule has 3 rings (SSSR count). The SMILES string of the molecule is C#Cc1ccc(CN2CCN(CCc3ccccc3)[C@H](CCO)C2)cc1. The molecule has 0 amide bonds. The van der Waals surface area contributed by atoms with Crippen LogP contribution in [-0.2, 0) is 13.0 Å². The molecule has 2 aromatic carbocycles. The second-order valence-corrected chi connectivity index (χ2v) is 7.01. The van der Waals surface area contributed by atoms with E-state index in [1.807, 2.05) is 12.1 Å². The molecule has 0 spiro atoms. The lowest BCUT2D eigenvalue weighted by atomic mass is 10.1. The van der Waals surface area contributed by atoms with Gasteiger partial charge in [0, 0.05) is 50.9 Å². The van der Waals surface area contributed by atoms with Gasteiger partial charge in [-0.15, -0.1) is 6.42 Å². The van der Waals surface area contributed by atoms with Crippen LogP contribution >= 0.6 is 0 Å². The second kappa shape index (κ2) is 9.54. The van der Waals surface area contributed by atoms with Crippen LogP contribution in [0.1, 0.15) is 23.1 Å². The highest BCUT2D eigenvalue weighted by atomic mass is 16.3. The Morgan fingerprint density at radius 3 is 2.46 bits per heavy atom. The third-order valence-electron chi connectivity index (χ3n) is 5.21. The zero-order chi connectivity index (χ0) is 18.2. The smallest absolute Gasteiger partial charge is 0.0446 e. The average molecular weight is 348 g/mol. The molecule has 0 radical (unpaired) electrons. The monoisotopic (exact) mass is 348 g/mol. The zero-order valence-electron chi connectivity index (χ0n) is 15.3. The van der Waals surface area contributed by atoms with Crippen LogP contribution in [0, 0.1) is 12.3 Å². The number of hydrogen-bond acceptors (Lipinski definition) is 3. The van der Waals surface area contributed by atoms with E-state index in [2.05, 4.69) is 58.2 Å². The van der Waals surface area contributed by atoms with Crippen molar-refractivity contribution in [2.75, 3.05) is 32.8 Å². The molecule has 26 heavy (non-hydrogen) atoms. The van der Waals surface area contributed by atoms with Crippen LogP contribution in [0.2, 0.25) is 0 Å². The summed E-state index contributed by atoms with van der Waals surface area (Å²) in [4.78, 5) is 5.03. The van der Waals surface area contributed by atoms with E-state index in [0.717, 1.165) is 51.1 Å². The Bertz CT molecular complexity index is 705. The van der Waals surface area contributed by atoms with E-state index < -0.39 is 0 Å². The van der Waals surface area contributed by atoms with Crippen molar-refractivity contribution >= 4 is 0 Å². The zero-order valence-corrected chi connectivity index (χ0v) is 15.3. The van der Waals surface area contributed by atoms with Crippen LogP contribution in [-0.4, -0.2) is 53.7 Å². The lowest BCUT2D eigenvalue weighted by Gasteiger charge is -2.41. The summed E-state index contributed by atoms with van der Waals surface area (Å²) in [6, 6.07) is 19.3. The van der Waals surface area contributed by atoms with Crippen LogP contribution < -0.4 is 0 Å². The fourth-order valence-electron chi connectivity index (χ4n) is 3.70. The standard InChI is InChI=1S/C23H28N2O/c1-2-20-8-10-22(11-9-20)18-24-15-16-25(23(19-24)13-17-26)14-12-21-6-4-3-5-7-21/h1,3-11,23,26H,12-19H2/t23-/m1/s1. The maximum atomic E-state index is 9.49. The van der Waals surface area contributed by atoms with Crippen LogP contribution in [0.15, 0.2) is 54.6 Å². The van der Waals surface area contributed by atoms with Crippen molar-refractivity contribution in [3.63, 3.8) is 0 Å². The average Bonchev–Trinajstić information content (AvgIpc) is 2.69. The third-order valence-corrected chi connectivity index (χ3v) is 5.21. The molecule has 0 unspecified atom stereocenters. The Kier molecular flexibility index (Phi) is 6.85. The molecule has 0 saturated carbocycles. The van der Waals surface area contributed by atoms with Crippen molar-refractivity contribution < 1.29 is 5.11 Å². The molecule has 136 valence electrons. The summed E-state index contributed by atoms with van der Waals surface area (Å²) in [5.41, 5.74) is 3.61. The Hall–Kier alpha value is -2.12. The fourth-order valence-corrected chi connectivity index (χ4v) is 3.70. The first-order chi connectivity index (χ1) is 12.8. The predicted octanol–water partition coefficient (Wildman–Crippen LogP) is 2.78. The number of terminal acetylenes is 1. The summed E-state index contributed by atoms with van der Waals surface area (Å²) >= 11 is 0. The van der Waals surface area contributed by atoms with E-state index in [0.29, 0.717) is 6.04 Å². The van der Waals surface area contributed by atoms with E-state index in [-0.39, 0.29) is 6.61 Å². The van der Waals surface area contributed by atoms with Gasteiger partial charge in [-0.3, -0.25) is 9.80 Å². The first-order valence-corrected chi connectivity index (χ1v) is 9.45. The van der Waals surface area contributed by atoms with E-state index in [1.165, 1.54) is 11.1 Å². The minimum atomic E-state index is 0.247. The number of nitrogens with zero attached hydrogens (tertiary/aromatic N) is 2.